The minimum Gasteiger partial charge on any atom is -0.308 e. The smallest absolute Gasteiger partial charge is 0.216 e. The van der Waals surface area contributed by atoms with Crippen molar-refractivity contribution in [2.24, 2.45) is 0 Å². The summed E-state index contributed by atoms with van der Waals surface area (Å²) in [6.07, 6.45) is 1.88. The summed E-state index contributed by atoms with van der Waals surface area (Å²) in [6, 6.07) is 0.170. The van der Waals surface area contributed by atoms with Gasteiger partial charge in [-0.25, -0.2) is 8.42 Å². The van der Waals surface area contributed by atoms with Crippen molar-refractivity contribution >= 4 is 10.0 Å². The number of likely N-dealkylation sites (tertiary alicyclic amines) is 1. The molecule has 5 nitrogen and oxygen atoms in total. The Kier molecular flexibility index (Phi) is 6.23. The van der Waals surface area contributed by atoms with Gasteiger partial charge in [-0.05, 0) is 60.9 Å². The Morgan fingerprint density at radius 3 is 2.11 bits per heavy atom. The Labute approximate surface area is 118 Å². The second-order valence-electron chi connectivity index (χ2n) is 6.04. The molecule has 0 atom stereocenters. The fraction of sp³-hybridized carbons (Fsp3) is 1.00. The molecule has 0 radical (unpaired) electrons. The van der Waals surface area contributed by atoms with Crippen LogP contribution in [0.25, 0.3) is 0 Å². The van der Waals surface area contributed by atoms with Crippen molar-refractivity contribution in [1.82, 2.24) is 14.1 Å². The molecule has 19 heavy (non-hydrogen) atoms. The van der Waals surface area contributed by atoms with Gasteiger partial charge in [-0.1, -0.05) is 0 Å². The molecule has 0 aromatic rings. The summed E-state index contributed by atoms with van der Waals surface area (Å²) in [7, 11) is 2.89. The summed E-state index contributed by atoms with van der Waals surface area (Å²) in [5.74, 6) is 0. The fourth-order valence-corrected chi connectivity index (χ4v) is 3.87. The van der Waals surface area contributed by atoms with Crippen LogP contribution >= 0.6 is 0 Å². The van der Waals surface area contributed by atoms with E-state index in [1.807, 2.05) is 19.0 Å². The monoisotopic (exact) mass is 291 g/mol. The van der Waals surface area contributed by atoms with E-state index in [2.05, 4.69) is 11.9 Å². The number of hydrogen-bond donors (Lipinski definition) is 0. The van der Waals surface area contributed by atoms with Crippen LogP contribution in [0.15, 0.2) is 0 Å². The SMILES string of the molecule is CC(C)S(=O)(=O)N(CCN(C)C)C1CCN(C)CC1. The van der Waals surface area contributed by atoms with Crippen LogP contribution in [0, 0.1) is 0 Å². The first kappa shape index (κ1) is 16.9. The zero-order chi connectivity index (χ0) is 14.6. The van der Waals surface area contributed by atoms with Crippen LogP contribution in [-0.4, -0.2) is 81.1 Å². The van der Waals surface area contributed by atoms with E-state index in [4.69, 9.17) is 0 Å². The van der Waals surface area contributed by atoms with Gasteiger partial charge in [-0.2, -0.15) is 4.31 Å². The van der Waals surface area contributed by atoms with E-state index in [1.165, 1.54) is 0 Å². The summed E-state index contributed by atoms with van der Waals surface area (Å²) in [5, 5.41) is -0.339. The topological polar surface area (TPSA) is 43.9 Å². The summed E-state index contributed by atoms with van der Waals surface area (Å²) < 4.78 is 26.8. The van der Waals surface area contributed by atoms with Crippen molar-refractivity contribution < 1.29 is 8.42 Å². The summed E-state index contributed by atoms with van der Waals surface area (Å²) in [6.45, 7) is 6.88. The van der Waals surface area contributed by atoms with Crippen molar-refractivity contribution in [3.8, 4) is 0 Å². The van der Waals surface area contributed by atoms with E-state index in [-0.39, 0.29) is 11.3 Å². The predicted molar refractivity (Wildman–Crippen MR) is 79.8 cm³/mol. The second kappa shape index (κ2) is 7.02. The van der Waals surface area contributed by atoms with E-state index >= 15 is 0 Å². The molecule has 6 heteroatoms. The summed E-state index contributed by atoms with van der Waals surface area (Å²) >= 11 is 0. The average Bonchev–Trinajstić information content (AvgIpc) is 2.30. The molecule has 0 unspecified atom stereocenters. The molecule has 0 aromatic carbocycles. The third-order valence-corrected chi connectivity index (χ3v) is 6.11. The number of hydrogen-bond acceptors (Lipinski definition) is 4. The zero-order valence-corrected chi connectivity index (χ0v) is 13.8. The molecular weight excluding hydrogens is 262 g/mol. The number of nitrogens with zero attached hydrogens (tertiary/aromatic N) is 3. The molecule has 114 valence electrons. The van der Waals surface area contributed by atoms with Crippen molar-refractivity contribution in [2.75, 3.05) is 47.3 Å². The number of likely N-dealkylation sites (N-methyl/N-ethyl adjacent to an activating group) is 1. The predicted octanol–water partition coefficient (Wildman–Crippen LogP) is 0.682. The van der Waals surface area contributed by atoms with Gasteiger partial charge in [-0.15, -0.1) is 0 Å². The highest BCUT2D eigenvalue weighted by Gasteiger charge is 2.33. The molecule has 1 fully saturated rings. The highest BCUT2D eigenvalue weighted by molar-refractivity contribution is 7.89. The van der Waals surface area contributed by atoms with Crippen LogP contribution in [0.3, 0.4) is 0 Å². The molecule has 0 spiro atoms. The van der Waals surface area contributed by atoms with E-state index in [0.29, 0.717) is 6.54 Å². The first-order valence-corrected chi connectivity index (χ1v) is 8.59. The van der Waals surface area contributed by atoms with Crippen molar-refractivity contribution in [1.29, 1.82) is 0 Å². The zero-order valence-electron chi connectivity index (χ0n) is 13.0. The van der Waals surface area contributed by atoms with Crippen LogP contribution in [-0.2, 0) is 10.0 Å². The van der Waals surface area contributed by atoms with Gasteiger partial charge >= 0.3 is 0 Å². The quantitative estimate of drug-likeness (QED) is 0.722. The van der Waals surface area contributed by atoms with Gasteiger partial charge in [0, 0.05) is 19.1 Å². The Bertz CT molecular complexity index is 360. The Hall–Kier alpha value is -0.170. The Morgan fingerprint density at radius 1 is 1.16 bits per heavy atom. The number of sulfonamides is 1. The van der Waals surface area contributed by atoms with Crippen LogP contribution in [0.2, 0.25) is 0 Å². The van der Waals surface area contributed by atoms with Gasteiger partial charge in [0.2, 0.25) is 10.0 Å². The van der Waals surface area contributed by atoms with Crippen molar-refractivity contribution in [3.63, 3.8) is 0 Å². The summed E-state index contributed by atoms with van der Waals surface area (Å²) in [4.78, 5) is 4.31. The van der Waals surface area contributed by atoms with Gasteiger partial charge in [0.15, 0.2) is 0 Å². The molecule has 1 rings (SSSR count). The lowest BCUT2D eigenvalue weighted by atomic mass is 10.1. The highest BCUT2D eigenvalue weighted by Crippen LogP contribution is 2.21. The number of piperidine rings is 1. The average molecular weight is 291 g/mol. The lowest BCUT2D eigenvalue weighted by Crippen LogP contribution is -2.50. The van der Waals surface area contributed by atoms with Crippen LogP contribution in [0.1, 0.15) is 26.7 Å². The third-order valence-electron chi connectivity index (χ3n) is 3.79. The molecule has 0 saturated carbocycles. The standard InChI is InChI=1S/C13H29N3O2S/c1-12(2)19(17,18)16(11-10-14(3)4)13-6-8-15(5)9-7-13/h12-13H,6-11H2,1-5H3. The second-order valence-corrected chi connectivity index (χ2v) is 8.48. The van der Waals surface area contributed by atoms with E-state index in [0.717, 1.165) is 32.5 Å². The molecule has 0 N–H and O–H groups in total. The summed E-state index contributed by atoms with van der Waals surface area (Å²) in [5.41, 5.74) is 0. The van der Waals surface area contributed by atoms with Gasteiger partial charge in [0.05, 0.1) is 5.25 Å². The van der Waals surface area contributed by atoms with Crippen LogP contribution < -0.4 is 0 Å². The molecule has 0 aromatic heterocycles. The fourth-order valence-electron chi connectivity index (χ4n) is 2.37. The van der Waals surface area contributed by atoms with Crippen molar-refractivity contribution in [2.45, 2.75) is 38.0 Å². The lowest BCUT2D eigenvalue weighted by molar-refractivity contribution is 0.175. The van der Waals surface area contributed by atoms with E-state index < -0.39 is 10.0 Å². The lowest BCUT2D eigenvalue weighted by Gasteiger charge is -2.37. The van der Waals surface area contributed by atoms with E-state index in [9.17, 15) is 8.42 Å². The van der Waals surface area contributed by atoms with Gasteiger partial charge in [0.25, 0.3) is 0 Å². The Balaban J connectivity index is 2.80. The largest absolute Gasteiger partial charge is 0.308 e. The molecule has 1 heterocycles. The third kappa shape index (κ3) is 4.70. The maximum absolute atomic E-state index is 12.5. The minimum atomic E-state index is -3.16. The number of rotatable bonds is 6. The van der Waals surface area contributed by atoms with Gasteiger partial charge in [-0.3, -0.25) is 0 Å². The maximum Gasteiger partial charge on any atom is 0.216 e. The molecule has 1 aliphatic heterocycles. The van der Waals surface area contributed by atoms with E-state index in [1.54, 1.807) is 18.2 Å². The molecule has 1 aliphatic rings. The maximum atomic E-state index is 12.5. The Morgan fingerprint density at radius 2 is 1.68 bits per heavy atom. The molecule has 0 aliphatic carbocycles. The molecule has 0 bridgehead atoms. The molecular formula is C13H29N3O2S. The minimum absolute atomic E-state index is 0.170. The first-order valence-electron chi connectivity index (χ1n) is 7.09. The van der Waals surface area contributed by atoms with Crippen molar-refractivity contribution in [3.05, 3.63) is 0 Å². The van der Waals surface area contributed by atoms with Crippen LogP contribution in [0.4, 0.5) is 0 Å². The highest BCUT2D eigenvalue weighted by atomic mass is 32.2. The normalized spacial score (nSPS) is 19.8. The first-order chi connectivity index (χ1) is 8.75. The van der Waals surface area contributed by atoms with Gasteiger partial charge < -0.3 is 9.80 Å². The molecule has 0 amide bonds. The van der Waals surface area contributed by atoms with Crippen LogP contribution in [0.5, 0.6) is 0 Å². The van der Waals surface area contributed by atoms with Gasteiger partial charge in [0.1, 0.15) is 0 Å². The molecule has 1 saturated heterocycles.